The molecule has 1 saturated heterocycles. The van der Waals surface area contributed by atoms with Crippen LogP contribution in [-0.4, -0.2) is 50.5 Å². The van der Waals surface area contributed by atoms with Gasteiger partial charge in [0, 0.05) is 32.1 Å². The normalized spacial score (nSPS) is 16.5. The SMILES string of the molecule is CS(=O)(=O)c1cnc(N2CCC(CNC(=O)O)CC2)c(N)c1. The molecule has 1 aliphatic rings. The minimum Gasteiger partial charge on any atom is -0.465 e. The molecule has 22 heavy (non-hydrogen) atoms. The van der Waals surface area contributed by atoms with Crippen molar-refractivity contribution in [2.75, 3.05) is 36.5 Å². The average Bonchev–Trinajstić information content (AvgIpc) is 2.44. The molecule has 1 aromatic rings. The Bertz CT molecular complexity index is 654. The summed E-state index contributed by atoms with van der Waals surface area (Å²) in [6.45, 7) is 1.86. The highest BCUT2D eigenvalue weighted by atomic mass is 32.2. The third kappa shape index (κ3) is 4.00. The van der Waals surface area contributed by atoms with Gasteiger partial charge in [0.15, 0.2) is 15.7 Å². The monoisotopic (exact) mass is 328 g/mol. The maximum Gasteiger partial charge on any atom is 0.404 e. The van der Waals surface area contributed by atoms with Crippen LogP contribution in [0.3, 0.4) is 0 Å². The Hall–Kier alpha value is -2.03. The van der Waals surface area contributed by atoms with Gasteiger partial charge in [-0.05, 0) is 24.8 Å². The summed E-state index contributed by atoms with van der Waals surface area (Å²) in [5.74, 6) is 0.876. The fraction of sp³-hybridized carbons (Fsp3) is 0.538. The van der Waals surface area contributed by atoms with Crippen LogP contribution < -0.4 is 16.0 Å². The summed E-state index contributed by atoms with van der Waals surface area (Å²) in [7, 11) is -3.32. The quantitative estimate of drug-likeness (QED) is 0.737. The number of carboxylic acid groups (broad SMARTS) is 1. The summed E-state index contributed by atoms with van der Waals surface area (Å²) in [6.07, 6.45) is 3.08. The Labute approximate surface area is 129 Å². The zero-order valence-electron chi connectivity index (χ0n) is 12.3. The van der Waals surface area contributed by atoms with Crippen molar-refractivity contribution in [3.05, 3.63) is 12.3 Å². The maximum atomic E-state index is 11.5. The molecule has 0 spiro atoms. The zero-order chi connectivity index (χ0) is 16.3. The highest BCUT2D eigenvalue weighted by molar-refractivity contribution is 7.90. The lowest BCUT2D eigenvalue weighted by atomic mass is 9.97. The molecular weight excluding hydrogens is 308 g/mol. The van der Waals surface area contributed by atoms with Crippen molar-refractivity contribution in [1.82, 2.24) is 10.3 Å². The van der Waals surface area contributed by atoms with Gasteiger partial charge in [-0.2, -0.15) is 0 Å². The average molecular weight is 328 g/mol. The van der Waals surface area contributed by atoms with E-state index in [9.17, 15) is 13.2 Å². The Balaban J connectivity index is 2.01. The molecule has 0 atom stereocenters. The van der Waals surface area contributed by atoms with Crippen LogP contribution in [0.5, 0.6) is 0 Å². The fourth-order valence-corrected chi connectivity index (χ4v) is 3.09. The molecule has 9 heteroatoms. The summed E-state index contributed by atoms with van der Waals surface area (Å²) < 4.78 is 23.0. The number of nitrogens with two attached hydrogens (primary N) is 1. The fourth-order valence-electron chi connectivity index (χ4n) is 2.50. The first-order valence-corrected chi connectivity index (χ1v) is 8.84. The highest BCUT2D eigenvalue weighted by Crippen LogP contribution is 2.27. The number of anilines is 2. The molecule has 0 aromatic carbocycles. The molecule has 0 unspecified atom stereocenters. The molecule has 122 valence electrons. The number of rotatable bonds is 4. The van der Waals surface area contributed by atoms with E-state index >= 15 is 0 Å². The first-order valence-electron chi connectivity index (χ1n) is 6.94. The van der Waals surface area contributed by atoms with Crippen molar-refractivity contribution in [3.63, 3.8) is 0 Å². The summed E-state index contributed by atoms with van der Waals surface area (Å²) >= 11 is 0. The minimum atomic E-state index is -3.32. The highest BCUT2D eigenvalue weighted by Gasteiger charge is 2.22. The van der Waals surface area contributed by atoms with Crippen LogP contribution in [0.4, 0.5) is 16.3 Å². The van der Waals surface area contributed by atoms with Crippen molar-refractivity contribution >= 4 is 27.4 Å². The zero-order valence-corrected chi connectivity index (χ0v) is 13.1. The van der Waals surface area contributed by atoms with E-state index in [-0.39, 0.29) is 4.90 Å². The van der Waals surface area contributed by atoms with Gasteiger partial charge in [-0.25, -0.2) is 18.2 Å². The van der Waals surface area contributed by atoms with Gasteiger partial charge in [0.2, 0.25) is 0 Å². The molecule has 2 rings (SSSR count). The summed E-state index contributed by atoms with van der Waals surface area (Å²) in [4.78, 5) is 16.8. The van der Waals surface area contributed by atoms with E-state index in [1.165, 1.54) is 12.3 Å². The van der Waals surface area contributed by atoms with Crippen LogP contribution >= 0.6 is 0 Å². The van der Waals surface area contributed by atoms with Crippen molar-refractivity contribution in [2.45, 2.75) is 17.7 Å². The van der Waals surface area contributed by atoms with Gasteiger partial charge < -0.3 is 21.1 Å². The first-order chi connectivity index (χ1) is 10.3. The Morgan fingerprint density at radius 2 is 2.14 bits per heavy atom. The van der Waals surface area contributed by atoms with Crippen LogP contribution in [0.1, 0.15) is 12.8 Å². The van der Waals surface area contributed by atoms with Gasteiger partial charge >= 0.3 is 6.09 Å². The summed E-state index contributed by atoms with van der Waals surface area (Å²) in [5, 5.41) is 11.0. The lowest BCUT2D eigenvalue weighted by Gasteiger charge is -2.33. The van der Waals surface area contributed by atoms with Crippen molar-refractivity contribution in [2.24, 2.45) is 5.92 Å². The number of piperidine rings is 1. The maximum absolute atomic E-state index is 11.5. The van der Waals surface area contributed by atoms with Crippen molar-refractivity contribution in [1.29, 1.82) is 0 Å². The van der Waals surface area contributed by atoms with E-state index in [1.54, 1.807) is 0 Å². The van der Waals surface area contributed by atoms with E-state index in [1.807, 2.05) is 4.90 Å². The Morgan fingerprint density at radius 1 is 1.50 bits per heavy atom. The molecule has 0 radical (unpaired) electrons. The lowest BCUT2D eigenvalue weighted by Crippen LogP contribution is -2.39. The van der Waals surface area contributed by atoms with Gasteiger partial charge in [0.1, 0.15) is 0 Å². The summed E-state index contributed by atoms with van der Waals surface area (Å²) in [6, 6.07) is 1.43. The molecule has 1 aromatic heterocycles. The van der Waals surface area contributed by atoms with Crippen LogP contribution in [0, 0.1) is 5.92 Å². The molecular formula is C13H20N4O4S. The predicted molar refractivity (Wildman–Crippen MR) is 82.7 cm³/mol. The molecule has 1 fully saturated rings. The van der Waals surface area contributed by atoms with E-state index in [0.29, 0.717) is 37.1 Å². The van der Waals surface area contributed by atoms with Crippen LogP contribution in [-0.2, 0) is 9.84 Å². The van der Waals surface area contributed by atoms with Gasteiger partial charge in [-0.15, -0.1) is 0 Å². The Morgan fingerprint density at radius 3 is 2.64 bits per heavy atom. The second-order valence-corrected chi connectivity index (χ2v) is 7.49. The van der Waals surface area contributed by atoms with E-state index in [4.69, 9.17) is 10.8 Å². The molecule has 4 N–H and O–H groups in total. The molecule has 1 aliphatic heterocycles. The molecule has 0 bridgehead atoms. The number of sulfone groups is 1. The topological polar surface area (TPSA) is 126 Å². The molecule has 8 nitrogen and oxygen atoms in total. The molecule has 2 heterocycles. The third-order valence-electron chi connectivity index (χ3n) is 3.75. The smallest absolute Gasteiger partial charge is 0.404 e. The number of hydrogen-bond acceptors (Lipinski definition) is 6. The lowest BCUT2D eigenvalue weighted by molar-refractivity contribution is 0.191. The number of nitrogens with zero attached hydrogens (tertiary/aromatic N) is 2. The number of carbonyl (C=O) groups is 1. The van der Waals surface area contributed by atoms with Crippen molar-refractivity contribution in [3.8, 4) is 0 Å². The number of nitrogen functional groups attached to an aromatic ring is 1. The second kappa shape index (κ2) is 6.39. The van der Waals surface area contributed by atoms with E-state index < -0.39 is 15.9 Å². The number of nitrogens with one attached hydrogen (secondary N) is 1. The predicted octanol–water partition coefficient (Wildman–Crippen LogP) is 0.551. The second-order valence-electron chi connectivity index (χ2n) is 5.47. The minimum absolute atomic E-state index is 0.106. The largest absolute Gasteiger partial charge is 0.465 e. The number of amides is 1. The summed E-state index contributed by atoms with van der Waals surface area (Å²) in [5.41, 5.74) is 6.26. The number of pyridine rings is 1. The third-order valence-corrected chi connectivity index (χ3v) is 4.83. The molecule has 0 saturated carbocycles. The van der Waals surface area contributed by atoms with E-state index in [2.05, 4.69) is 10.3 Å². The number of aromatic nitrogens is 1. The van der Waals surface area contributed by atoms with Gasteiger partial charge in [-0.1, -0.05) is 0 Å². The first kappa shape index (κ1) is 16.3. The van der Waals surface area contributed by atoms with Crippen molar-refractivity contribution < 1.29 is 18.3 Å². The Kier molecular flexibility index (Phi) is 4.74. The van der Waals surface area contributed by atoms with E-state index in [0.717, 1.165) is 19.1 Å². The van der Waals surface area contributed by atoms with Gasteiger partial charge in [0.05, 0.1) is 10.6 Å². The van der Waals surface area contributed by atoms with Crippen LogP contribution in [0.2, 0.25) is 0 Å². The van der Waals surface area contributed by atoms with Crippen LogP contribution in [0.15, 0.2) is 17.2 Å². The standard InChI is InChI=1S/C13H20N4O4S/c1-22(20,21)10-6-11(14)12(15-8-10)17-4-2-9(3-5-17)7-16-13(18)19/h6,8-9,16H,2-5,7,14H2,1H3,(H,18,19). The van der Waals surface area contributed by atoms with Crippen LogP contribution in [0.25, 0.3) is 0 Å². The number of hydrogen-bond donors (Lipinski definition) is 3. The van der Waals surface area contributed by atoms with Gasteiger partial charge in [-0.3, -0.25) is 0 Å². The van der Waals surface area contributed by atoms with Gasteiger partial charge in [0.25, 0.3) is 0 Å². The molecule has 0 aliphatic carbocycles. The molecule has 1 amide bonds.